The Morgan fingerprint density at radius 1 is 1.10 bits per heavy atom. The number of carbonyl (C=O) groups excluding carboxylic acids is 1. The van der Waals surface area contributed by atoms with Gasteiger partial charge < -0.3 is 19.8 Å². The molecule has 0 radical (unpaired) electrons. The number of ether oxygens (including phenoxy) is 2. The molecule has 0 aliphatic carbocycles. The van der Waals surface area contributed by atoms with E-state index in [0.717, 1.165) is 34.9 Å². The Hall–Kier alpha value is -2.95. The Bertz CT molecular complexity index is 977. The second-order valence-electron chi connectivity index (χ2n) is 7.16. The molecule has 5 nitrogen and oxygen atoms in total. The molecule has 0 fully saturated rings. The molecule has 0 saturated heterocycles. The third kappa shape index (κ3) is 4.39. The minimum atomic E-state index is -0.0903. The number of H-pyrrole nitrogens is 1. The minimum absolute atomic E-state index is 0.0487. The lowest BCUT2D eigenvalue weighted by molar-refractivity contribution is -0.121. The number of para-hydroxylation sites is 1. The van der Waals surface area contributed by atoms with Gasteiger partial charge in [0.15, 0.2) is 11.5 Å². The van der Waals surface area contributed by atoms with Gasteiger partial charge in [-0.2, -0.15) is 0 Å². The monoisotopic (exact) mass is 394 g/mol. The summed E-state index contributed by atoms with van der Waals surface area (Å²) in [5.74, 6) is 1.30. The van der Waals surface area contributed by atoms with Gasteiger partial charge in [0, 0.05) is 36.0 Å². The van der Waals surface area contributed by atoms with E-state index in [1.807, 2.05) is 24.4 Å². The Kier molecular flexibility index (Phi) is 6.81. The first kappa shape index (κ1) is 20.8. The van der Waals surface area contributed by atoms with Crippen LogP contribution in [0.5, 0.6) is 11.5 Å². The summed E-state index contributed by atoms with van der Waals surface area (Å²) in [7, 11) is 3.25. The van der Waals surface area contributed by atoms with E-state index in [2.05, 4.69) is 42.3 Å². The summed E-state index contributed by atoms with van der Waals surface area (Å²) >= 11 is 0. The van der Waals surface area contributed by atoms with Gasteiger partial charge in [-0.3, -0.25) is 4.79 Å². The lowest BCUT2D eigenvalue weighted by Crippen LogP contribution is -2.26. The van der Waals surface area contributed by atoms with Crippen LogP contribution in [0.2, 0.25) is 0 Å². The average Bonchev–Trinajstić information content (AvgIpc) is 3.19. The molecular formula is C24H30N2O3. The molecule has 0 aliphatic rings. The zero-order chi connectivity index (χ0) is 20.8. The quantitative estimate of drug-likeness (QED) is 0.548. The predicted molar refractivity (Wildman–Crippen MR) is 117 cm³/mol. The molecule has 1 unspecified atom stereocenters. The standard InChI is InChI=1S/C24H30N2O3/c1-5-12-25-23(27)14-19(17-10-11-21(28-3)22(13-17)29-4)20-15-26-24-16(6-2)8-7-9-18(20)24/h7-11,13,15,19,26H,5-6,12,14H2,1-4H3,(H,25,27). The first-order valence-corrected chi connectivity index (χ1v) is 10.2. The molecular weight excluding hydrogens is 364 g/mol. The zero-order valence-corrected chi connectivity index (χ0v) is 17.7. The van der Waals surface area contributed by atoms with Crippen LogP contribution in [0.3, 0.4) is 0 Å². The van der Waals surface area contributed by atoms with Gasteiger partial charge in [0.1, 0.15) is 0 Å². The maximum Gasteiger partial charge on any atom is 0.220 e. The second-order valence-corrected chi connectivity index (χ2v) is 7.16. The van der Waals surface area contributed by atoms with E-state index in [1.165, 1.54) is 5.56 Å². The van der Waals surface area contributed by atoms with Crippen molar-refractivity contribution in [1.82, 2.24) is 10.3 Å². The molecule has 1 aromatic heterocycles. The Balaban J connectivity index is 2.08. The van der Waals surface area contributed by atoms with Gasteiger partial charge in [-0.15, -0.1) is 0 Å². The lowest BCUT2D eigenvalue weighted by atomic mass is 9.87. The van der Waals surface area contributed by atoms with Crippen molar-refractivity contribution in [1.29, 1.82) is 0 Å². The van der Waals surface area contributed by atoms with Crippen LogP contribution in [0.1, 0.15) is 49.3 Å². The van der Waals surface area contributed by atoms with Gasteiger partial charge in [-0.05, 0) is 41.7 Å². The summed E-state index contributed by atoms with van der Waals surface area (Å²) in [5, 5.41) is 4.17. The number of aromatic amines is 1. The number of hydrogen-bond acceptors (Lipinski definition) is 3. The van der Waals surface area contributed by atoms with Crippen LogP contribution in [0, 0.1) is 0 Å². The molecule has 0 spiro atoms. The maximum atomic E-state index is 12.6. The van der Waals surface area contributed by atoms with E-state index in [9.17, 15) is 4.79 Å². The third-order valence-electron chi connectivity index (χ3n) is 5.36. The fourth-order valence-electron chi connectivity index (χ4n) is 3.82. The van der Waals surface area contributed by atoms with Gasteiger partial charge >= 0.3 is 0 Å². The van der Waals surface area contributed by atoms with Crippen molar-refractivity contribution in [3.8, 4) is 11.5 Å². The van der Waals surface area contributed by atoms with E-state index in [-0.39, 0.29) is 11.8 Å². The second kappa shape index (κ2) is 9.50. The largest absolute Gasteiger partial charge is 0.493 e. The van der Waals surface area contributed by atoms with Crippen LogP contribution >= 0.6 is 0 Å². The van der Waals surface area contributed by atoms with Crippen molar-refractivity contribution in [2.24, 2.45) is 0 Å². The molecule has 5 heteroatoms. The lowest BCUT2D eigenvalue weighted by Gasteiger charge is -2.19. The first-order chi connectivity index (χ1) is 14.1. The molecule has 29 heavy (non-hydrogen) atoms. The highest BCUT2D eigenvalue weighted by Crippen LogP contribution is 2.38. The van der Waals surface area contributed by atoms with E-state index >= 15 is 0 Å². The van der Waals surface area contributed by atoms with Crippen LogP contribution in [-0.2, 0) is 11.2 Å². The predicted octanol–water partition coefficient (Wildman–Crippen LogP) is 4.80. The smallest absolute Gasteiger partial charge is 0.220 e. The van der Waals surface area contributed by atoms with Crippen LogP contribution in [0.25, 0.3) is 10.9 Å². The van der Waals surface area contributed by atoms with Crippen molar-refractivity contribution in [3.05, 3.63) is 59.3 Å². The van der Waals surface area contributed by atoms with Gasteiger partial charge in [-0.1, -0.05) is 38.1 Å². The van der Waals surface area contributed by atoms with Crippen LogP contribution in [-0.4, -0.2) is 31.7 Å². The average molecular weight is 395 g/mol. The van der Waals surface area contributed by atoms with E-state index in [0.29, 0.717) is 24.5 Å². The minimum Gasteiger partial charge on any atom is -0.493 e. The molecule has 1 amide bonds. The number of amides is 1. The first-order valence-electron chi connectivity index (χ1n) is 10.2. The highest BCUT2D eigenvalue weighted by molar-refractivity contribution is 5.88. The molecule has 154 valence electrons. The number of aromatic nitrogens is 1. The van der Waals surface area contributed by atoms with E-state index < -0.39 is 0 Å². The number of aryl methyl sites for hydroxylation is 1. The summed E-state index contributed by atoms with van der Waals surface area (Å²) < 4.78 is 10.9. The molecule has 2 N–H and O–H groups in total. The number of fused-ring (bicyclic) bond motifs is 1. The summed E-state index contributed by atoms with van der Waals surface area (Å²) in [5.41, 5.74) is 4.56. The highest BCUT2D eigenvalue weighted by Gasteiger charge is 2.23. The van der Waals surface area contributed by atoms with Crippen molar-refractivity contribution in [2.75, 3.05) is 20.8 Å². The number of hydrogen-bond donors (Lipinski definition) is 2. The number of benzene rings is 2. The summed E-state index contributed by atoms with van der Waals surface area (Å²) in [6, 6.07) is 12.2. The van der Waals surface area contributed by atoms with Gasteiger partial charge in [0.25, 0.3) is 0 Å². The van der Waals surface area contributed by atoms with Gasteiger partial charge in [-0.25, -0.2) is 0 Å². The maximum absolute atomic E-state index is 12.6. The van der Waals surface area contributed by atoms with Crippen LogP contribution in [0.15, 0.2) is 42.6 Å². The molecule has 3 rings (SSSR count). The fourth-order valence-corrected chi connectivity index (χ4v) is 3.82. The molecule has 0 bridgehead atoms. The summed E-state index contributed by atoms with van der Waals surface area (Å²) in [6.45, 7) is 4.89. The van der Waals surface area contributed by atoms with Crippen molar-refractivity contribution in [3.63, 3.8) is 0 Å². The topological polar surface area (TPSA) is 63.4 Å². The number of nitrogens with one attached hydrogen (secondary N) is 2. The van der Waals surface area contributed by atoms with Crippen molar-refractivity contribution < 1.29 is 14.3 Å². The Morgan fingerprint density at radius 3 is 2.59 bits per heavy atom. The van der Waals surface area contributed by atoms with Crippen molar-refractivity contribution in [2.45, 2.75) is 39.0 Å². The fraction of sp³-hybridized carbons (Fsp3) is 0.375. The zero-order valence-electron chi connectivity index (χ0n) is 17.7. The van der Waals surface area contributed by atoms with Crippen LogP contribution in [0.4, 0.5) is 0 Å². The molecule has 3 aromatic rings. The SMILES string of the molecule is CCCNC(=O)CC(c1ccc(OC)c(OC)c1)c1c[nH]c2c(CC)cccc12. The normalized spacial score (nSPS) is 12.0. The number of carbonyl (C=O) groups is 1. The molecule has 0 aliphatic heterocycles. The summed E-state index contributed by atoms with van der Waals surface area (Å²) in [4.78, 5) is 16.1. The van der Waals surface area contributed by atoms with Crippen molar-refractivity contribution >= 4 is 16.8 Å². The summed E-state index contributed by atoms with van der Waals surface area (Å²) in [6.07, 6.45) is 4.28. The molecule has 1 atom stereocenters. The Morgan fingerprint density at radius 2 is 1.90 bits per heavy atom. The number of rotatable bonds is 9. The van der Waals surface area contributed by atoms with E-state index in [1.54, 1.807) is 14.2 Å². The van der Waals surface area contributed by atoms with E-state index in [4.69, 9.17) is 9.47 Å². The Labute approximate surface area is 172 Å². The molecule has 1 heterocycles. The third-order valence-corrected chi connectivity index (χ3v) is 5.36. The molecule has 0 saturated carbocycles. The van der Waals surface area contributed by atoms with Gasteiger partial charge in [0.05, 0.1) is 14.2 Å². The number of methoxy groups -OCH3 is 2. The van der Waals surface area contributed by atoms with Crippen LogP contribution < -0.4 is 14.8 Å². The van der Waals surface area contributed by atoms with Gasteiger partial charge in [0.2, 0.25) is 5.91 Å². The highest BCUT2D eigenvalue weighted by atomic mass is 16.5. The molecule has 2 aromatic carbocycles.